The van der Waals surface area contributed by atoms with Crippen molar-refractivity contribution in [1.82, 2.24) is 9.80 Å². The van der Waals surface area contributed by atoms with Crippen LogP contribution in [0.15, 0.2) is 52.9 Å². The van der Waals surface area contributed by atoms with Crippen LogP contribution in [-0.4, -0.2) is 42.1 Å². The summed E-state index contributed by atoms with van der Waals surface area (Å²) in [6.45, 7) is 1.81. The molecule has 0 saturated carbocycles. The van der Waals surface area contributed by atoms with Crippen molar-refractivity contribution in [2.45, 2.75) is 19.5 Å². The molecule has 0 aliphatic carbocycles. The first-order valence-corrected chi connectivity index (χ1v) is 10.7. The third kappa shape index (κ3) is 5.36. The molecule has 0 atom stereocenters. The van der Waals surface area contributed by atoms with Gasteiger partial charge in [-0.15, -0.1) is 12.4 Å². The van der Waals surface area contributed by atoms with Crippen molar-refractivity contribution in [3.63, 3.8) is 0 Å². The van der Waals surface area contributed by atoms with Gasteiger partial charge in [0.1, 0.15) is 11.5 Å². The fourth-order valence-electron chi connectivity index (χ4n) is 3.74. The first-order valence-electron chi connectivity index (χ1n) is 9.95. The van der Waals surface area contributed by atoms with Crippen LogP contribution in [0.25, 0.3) is 0 Å². The van der Waals surface area contributed by atoms with Crippen molar-refractivity contribution in [3.05, 3.63) is 92.4 Å². The van der Waals surface area contributed by atoms with Gasteiger partial charge < -0.3 is 14.2 Å². The third-order valence-corrected chi connectivity index (χ3v) is 5.65. The minimum absolute atomic E-state index is 0. The number of rotatable bonds is 5. The summed E-state index contributed by atoms with van der Waals surface area (Å²) in [6.07, 6.45) is 0.768. The average molecular weight is 494 g/mol. The van der Waals surface area contributed by atoms with Gasteiger partial charge >= 0.3 is 0 Å². The van der Waals surface area contributed by atoms with E-state index in [4.69, 9.17) is 27.6 Å². The Hall–Kier alpha value is -2.31. The van der Waals surface area contributed by atoms with Crippen molar-refractivity contribution in [3.8, 4) is 0 Å². The molecule has 0 saturated heterocycles. The Kier molecular flexibility index (Phi) is 7.67. The highest BCUT2D eigenvalue weighted by atomic mass is 35.5. The monoisotopic (exact) mass is 492 g/mol. The Morgan fingerprint density at radius 1 is 0.969 bits per heavy atom. The van der Waals surface area contributed by atoms with Gasteiger partial charge in [-0.2, -0.15) is 0 Å². The molecule has 168 valence electrons. The zero-order valence-electron chi connectivity index (χ0n) is 17.7. The van der Waals surface area contributed by atoms with Crippen LogP contribution in [0.1, 0.15) is 43.4 Å². The van der Waals surface area contributed by atoms with Gasteiger partial charge in [0.25, 0.3) is 5.91 Å². The van der Waals surface area contributed by atoms with Crippen molar-refractivity contribution < 1.29 is 14.0 Å². The fourth-order valence-corrected chi connectivity index (χ4v) is 4.27. The van der Waals surface area contributed by atoms with E-state index in [0.717, 1.165) is 24.5 Å². The van der Waals surface area contributed by atoms with Gasteiger partial charge in [0.05, 0.1) is 13.1 Å². The smallest absolute Gasteiger partial charge is 0.254 e. The Morgan fingerprint density at radius 2 is 1.59 bits per heavy atom. The molecule has 2 aromatic carbocycles. The minimum Gasteiger partial charge on any atom is -0.463 e. The summed E-state index contributed by atoms with van der Waals surface area (Å²) in [6, 6.07) is 13.5. The maximum absolute atomic E-state index is 13.0. The van der Waals surface area contributed by atoms with Gasteiger partial charge in [-0.05, 0) is 62.5 Å². The second-order valence-corrected chi connectivity index (χ2v) is 8.81. The van der Waals surface area contributed by atoms with Crippen LogP contribution in [0.3, 0.4) is 0 Å². The van der Waals surface area contributed by atoms with Gasteiger partial charge in [-0.3, -0.25) is 9.59 Å². The lowest BCUT2D eigenvalue weighted by molar-refractivity contribution is 0.0718. The number of fused-ring (bicyclic) bond motifs is 1. The molecule has 0 radical (unpaired) electrons. The predicted molar refractivity (Wildman–Crippen MR) is 128 cm³/mol. The van der Waals surface area contributed by atoms with Gasteiger partial charge in [-0.1, -0.05) is 35.3 Å². The number of hydrogen-bond acceptors (Lipinski definition) is 4. The Morgan fingerprint density at radius 3 is 2.22 bits per heavy atom. The van der Waals surface area contributed by atoms with E-state index in [2.05, 4.69) is 6.07 Å². The molecule has 0 unspecified atom stereocenters. The molecule has 5 nitrogen and oxygen atoms in total. The highest BCUT2D eigenvalue weighted by Gasteiger charge is 2.25. The van der Waals surface area contributed by atoms with Gasteiger partial charge in [0, 0.05) is 33.3 Å². The first-order chi connectivity index (χ1) is 14.8. The van der Waals surface area contributed by atoms with E-state index >= 15 is 0 Å². The van der Waals surface area contributed by atoms with E-state index in [1.807, 2.05) is 19.0 Å². The number of carbonyl (C=O) groups excluding carboxylic acids is 2. The van der Waals surface area contributed by atoms with E-state index in [-0.39, 0.29) is 24.1 Å². The van der Waals surface area contributed by atoms with Crippen molar-refractivity contribution >= 4 is 47.3 Å². The average Bonchev–Trinajstić information content (AvgIpc) is 3.12. The standard InChI is InChI=1S/C24H22Cl2N2O3.ClH/c1-27(2)13-21-11-17-7-8-28(14-22(17)31-21)24(30)16-5-3-15(4-6-16)23(29)18-9-19(25)12-20(26)10-18;/h3-6,9-12H,7-8,13-14H2,1-2H3;1H. The Bertz CT molecular complexity index is 1120. The third-order valence-electron chi connectivity index (χ3n) is 5.21. The Balaban J connectivity index is 0.00000289. The van der Waals surface area contributed by atoms with Crippen LogP contribution >= 0.6 is 35.6 Å². The highest BCUT2D eigenvalue weighted by Crippen LogP contribution is 2.25. The number of furan rings is 1. The lowest BCUT2D eigenvalue weighted by atomic mass is 10.0. The molecule has 0 bridgehead atoms. The van der Waals surface area contributed by atoms with Crippen LogP contribution in [0.4, 0.5) is 0 Å². The number of ketones is 1. The second-order valence-electron chi connectivity index (χ2n) is 7.94. The minimum atomic E-state index is -0.199. The topological polar surface area (TPSA) is 53.8 Å². The summed E-state index contributed by atoms with van der Waals surface area (Å²) >= 11 is 12.0. The molecule has 1 amide bonds. The number of hydrogen-bond donors (Lipinski definition) is 0. The summed E-state index contributed by atoms with van der Waals surface area (Å²) in [4.78, 5) is 29.5. The van der Waals surface area contributed by atoms with Crippen LogP contribution in [-0.2, 0) is 19.5 Å². The van der Waals surface area contributed by atoms with E-state index in [0.29, 0.717) is 39.8 Å². The van der Waals surface area contributed by atoms with Crippen molar-refractivity contribution in [2.75, 3.05) is 20.6 Å². The molecule has 4 rings (SSSR count). The van der Waals surface area contributed by atoms with Crippen LogP contribution in [0, 0.1) is 0 Å². The van der Waals surface area contributed by atoms with E-state index in [1.165, 1.54) is 5.56 Å². The number of nitrogens with zero attached hydrogens (tertiary/aromatic N) is 2. The molecule has 0 fully saturated rings. The second kappa shape index (κ2) is 10.1. The van der Waals surface area contributed by atoms with E-state index < -0.39 is 0 Å². The normalized spacial score (nSPS) is 13.0. The van der Waals surface area contributed by atoms with E-state index in [9.17, 15) is 9.59 Å². The number of benzene rings is 2. The van der Waals surface area contributed by atoms with E-state index in [1.54, 1.807) is 47.4 Å². The summed E-state index contributed by atoms with van der Waals surface area (Å²) in [5, 5.41) is 0.803. The molecule has 1 aliphatic heterocycles. The SMILES string of the molecule is CN(C)Cc1cc2c(o1)CN(C(=O)c1ccc(C(=O)c3cc(Cl)cc(Cl)c3)cc1)CC2.Cl. The molecule has 3 aromatic rings. The summed E-state index contributed by atoms with van der Waals surface area (Å²) < 4.78 is 5.95. The Labute approximate surface area is 203 Å². The summed E-state index contributed by atoms with van der Waals surface area (Å²) in [5.41, 5.74) is 2.58. The molecule has 0 N–H and O–H groups in total. The number of carbonyl (C=O) groups is 2. The lowest BCUT2D eigenvalue weighted by Crippen LogP contribution is -2.35. The highest BCUT2D eigenvalue weighted by molar-refractivity contribution is 6.35. The molecular weight excluding hydrogens is 471 g/mol. The molecule has 32 heavy (non-hydrogen) atoms. The molecule has 0 spiro atoms. The molecule has 1 aromatic heterocycles. The van der Waals surface area contributed by atoms with Crippen LogP contribution < -0.4 is 0 Å². The van der Waals surface area contributed by atoms with Gasteiger partial charge in [-0.25, -0.2) is 0 Å². The van der Waals surface area contributed by atoms with Crippen molar-refractivity contribution in [1.29, 1.82) is 0 Å². The van der Waals surface area contributed by atoms with Gasteiger partial charge in [0.15, 0.2) is 5.78 Å². The van der Waals surface area contributed by atoms with Gasteiger partial charge in [0.2, 0.25) is 0 Å². The molecule has 8 heteroatoms. The molecular formula is C24H23Cl3N2O3. The largest absolute Gasteiger partial charge is 0.463 e. The molecule has 1 aliphatic rings. The fraction of sp³-hybridized carbons (Fsp3) is 0.250. The lowest BCUT2D eigenvalue weighted by Gasteiger charge is -2.26. The first kappa shape index (κ1) is 24.3. The predicted octanol–water partition coefficient (Wildman–Crippen LogP) is 5.50. The number of amides is 1. The quantitative estimate of drug-likeness (QED) is 0.441. The summed E-state index contributed by atoms with van der Waals surface area (Å²) in [7, 11) is 3.99. The zero-order chi connectivity index (χ0) is 22.1. The maximum atomic E-state index is 13.0. The summed E-state index contributed by atoms with van der Waals surface area (Å²) in [5.74, 6) is 1.48. The number of halogens is 3. The molecule has 2 heterocycles. The maximum Gasteiger partial charge on any atom is 0.254 e. The zero-order valence-corrected chi connectivity index (χ0v) is 20.1. The van der Waals surface area contributed by atoms with Crippen LogP contribution in [0.2, 0.25) is 10.0 Å². The van der Waals surface area contributed by atoms with Crippen molar-refractivity contribution in [2.24, 2.45) is 0 Å². The van der Waals surface area contributed by atoms with Crippen LogP contribution in [0.5, 0.6) is 0 Å².